The van der Waals surface area contributed by atoms with E-state index in [0.717, 1.165) is 33.4 Å². The summed E-state index contributed by atoms with van der Waals surface area (Å²) in [7, 11) is -2.29. The Labute approximate surface area is 369 Å². The van der Waals surface area contributed by atoms with Gasteiger partial charge in [-0.25, -0.2) is 0 Å². The lowest BCUT2D eigenvalue weighted by Crippen LogP contribution is -2.26. The van der Waals surface area contributed by atoms with Crippen LogP contribution >= 0.6 is 8.60 Å². The molecule has 0 saturated heterocycles. The van der Waals surface area contributed by atoms with E-state index >= 15 is 0 Å². The van der Waals surface area contributed by atoms with Gasteiger partial charge in [-0.05, 0) is 89.7 Å². The van der Waals surface area contributed by atoms with Crippen LogP contribution in [-0.2, 0) is 46.9 Å². The van der Waals surface area contributed by atoms with Gasteiger partial charge in [0.25, 0.3) is 0 Å². The molecule has 0 aliphatic carbocycles. The van der Waals surface area contributed by atoms with Crippen molar-refractivity contribution >= 4 is 26.0 Å². The summed E-state index contributed by atoms with van der Waals surface area (Å²) >= 11 is 0. The van der Waals surface area contributed by atoms with Gasteiger partial charge in [-0.3, -0.25) is 14.4 Å². The molecule has 0 aromatic heterocycles. The summed E-state index contributed by atoms with van der Waals surface area (Å²) < 4.78 is 40.0. The smallest absolute Gasteiger partial charge is 0.486 e. The van der Waals surface area contributed by atoms with Gasteiger partial charge in [0.1, 0.15) is 54.3 Å². The highest BCUT2D eigenvalue weighted by atomic mass is 31.2. The maximum Gasteiger partial charge on any atom is 0.530 e. The number of rotatable bonds is 15. The minimum Gasteiger partial charge on any atom is -0.486 e. The Bertz CT molecular complexity index is 1840. The molecular formula is C51H75O9P. The Kier molecular flexibility index (Phi) is 15.7. The molecule has 61 heavy (non-hydrogen) atoms. The maximum atomic E-state index is 12.1. The molecule has 0 N–H and O–H groups in total. The van der Waals surface area contributed by atoms with Crippen LogP contribution in [0.4, 0.5) is 0 Å². The molecule has 0 spiro atoms. The standard InChI is InChI=1S/C51H75O9P/c1-31(52)28-55-34-22-25-37(43(49(13,14)15)40(34)46(4,5)6)58-61(59-38-26-23-35(56-29-32(2)53)41(47(7,8)9)44(38)50(16,17)18)60-39-27-24-36(57-30-33(3)54)42(48(10,11)12)45(39)51(19,20)21/h22-27H,28-30H2,1-21H3. The lowest BCUT2D eigenvalue weighted by Gasteiger charge is -2.36. The van der Waals surface area contributed by atoms with Gasteiger partial charge in [0, 0.05) is 33.4 Å². The minimum atomic E-state index is -2.29. The van der Waals surface area contributed by atoms with Crippen LogP contribution in [-0.4, -0.2) is 37.2 Å². The fraction of sp³-hybridized carbons (Fsp3) is 0.588. The summed E-state index contributed by atoms with van der Waals surface area (Å²) in [6, 6.07) is 11.2. The number of hydrogen-bond donors (Lipinski definition) is 0. The maximum absolute atomic E-state index is 12.1. The second kappa shape index (κ2) is 18.7. The van der Waals surface area contributed by atoms with Crippen LogP contribution < -0.4 is 27.8 Å². The highest BCUT2D eigenvalue weighted by Crippen LogP contribution is 2.55. The number of hydrogen-bond acceptors (Lipinski definition) is 9. The predicted molar refractivity (Wildman–Crippen MR) is 249 cm³/mol. The molecule has 9 nitrogen and oxygen atoms in total. The third-order valence-electron chi connectivity index (χ3n) is 9.70. The summed E-state index contributed by atoms with van der Waals surface area (Å²) in [6.45, 7) is 42.6. The molecule has 3 aromatic rings. The van der Waals surface area contributed by atoms with Gasteiger partial charge >= 0.3 is 8.60 Å². The zero-order valence-electron chi connectivity index (χ0n) is 41.2. The number of carbonyl (C=O) groups is 3. The van der Waals surface area contributed by atoms with Crippen molar-refractivity contribution < 1.29 is 42.2 Å². The zero-order chi connectivity index (χ0) is 46.8. The number of benzene rings is 3. The third-order valence-corrected chi connectivity index (χ3v) is 10.7. The summed E-state index contributed by atoms with van der Waals surface area (Å²) in [4.78, 5) is 36.4. The SMILES string of the molecule is CC(=O)COc1ccc(OP(Oc2ccc(OCC(C)=O)c(C(C)(C)C)c2C(C)(C)C)Oc2ccc(OCC(C)=O)c(C(C)(C)C)c2C(C)(C)C)c(C(C)(C)C)c1C(C)(C)C. The first-order valence-corrected chi connectivity index (χ1v) is 22.4. The van der Waals surface area contributed by atoms with Crippen molar-refractivity contribution in [2.45, 2.75) is 178 Å². The number of carbonyl (C=O) groups excluding carboxylic acids is 3. The lowest BCUT2D eigenvalue weighted by molar-refractivity contribution is -0.119. The summed E-state index contributed by atoms with van der Waals surface area (Å²) in [5.74, 6) is 3.29. The second-order valence-electron chi connectivity index (χ2n) is 22.4. The summed E-state index contributed by atoms with van der Waals surface area (Å²) in [5.41, 5.74) is 2.88. The molecule has 0 heterocycles. The van der Waals surface area contributed by atoms with E-state index in [2.05, 4.69) is 125 Å². The first-order chi connectivity index (χ1) is 27.5. The molecule has 0 amide bonds. The van der Waals surface area contributed by atoms with Crippen molar-refractivity contribution in [2.75, 3.05) is 19.8 Å². The van der Waals surface area contributed by atoms with E-state index in [1.807, 2.05) is 36.4 Å². The van der Waals surface area contributed by atoms with Gasteiger partial charge in [-0.2, -0.15) is 0 Å². The van der Waals surface area contributed by atoms with Crippen molar-refractivity contribution in [3.63, 3.8) is 0 Å². The van der Waals surface area contributed by atoms with Crippen LogP contribution in [0.1, 0.15) is 179 Å². The van der Waals surface area contributed by atoms with Gasteiger partial charge in [-0.1, -0.05) is 125 Å². The van der Waals surface area contributed by atoms with Crippen molar-refractivity contribution in [2.24, 2.45) is 0 Å². The Morgan fingerprint density at radius 3 is 0.672 bits per heavy atom. The van der Waals surface area contributed by atoms with Gasteiger partial charge < -0.3 is 27.8 Å². The molecule has 0 unspecified atom stereocenters. The second-order valence-corrected chi connectivity index (χ2v) is 23.4. The van der Waals surface area contributed by atoms with Gasteiger partial charge in [-0.15, -0.1) is 0 Å². The topological polar surface area (TPSA) is 107 Å². The predicted octanol–water partition coefficient (Wildman–Crippen LogP) is 13.1. The van der Waals surface area contributed by atoms with E-state index < -0.39 is 41.1 Å². The van der Waals surface area contributed by atoms with Crippen LogP contribution in [0.15, 0.2) is 36.4 Å². The number of ether oxygens (including phenoxy) is 3. The average Bonchev–Trinajstić information content (AvgIpc) is 3.06. The Morgan fingerprint density at radius 2 is 0.508 bits per heavy atom. The molecule has 0 aliphatic heterocycles. The van der Waals surface area contributed by atoms with E-state index in [9.17, 15) is 14.4 Å². The average molecular weight is 863 g/mol. The monoisotopic (exact) mass is 863 g/mol. The molecule has 0 bridgehead atoms. The quantitative estimate of drug-likeness (QED) is 0.138. The first-order valence-electron chi connectivity index (χ1n) is 21.3. The van der Waals surface area contributed by atoms with E-state index in [4.69, 9.17) is 27.8 Å². The van der Waals surface area contributed by atoms with Crippen molar-refractivity contribution in [1.82, 2.24) is 0 Å². The van der Waals surface area contributed by atoms with Crippen LogP contribution in [0.25, 0.3) is 0 Å². The van der Waals surface area contributed by atoms with E-state index in [1.54, 1.807) is 0 Å². The highest BCUT2D eigenvalue weighted by molar-refractivity contribution is 7.43. The molecule has 0 saturated carbocycles. The molecule has 338 valence electrons. The molecule has 3 rings (SSSR count). The fourth-order valence-corrected chi connectivity index (χ4v) is 8.63. The Hall–Kier alpha value is -4.10. The number of Topliss-reactive ketones (excluding diaryl/α,β-unsaturated/α-hetero) is 3. The summed E-state index contributed by atoms with van der Waals surface area (Å²) in [5, 5.41) is 0. The van der Waals surface area contributed by atoms with E-state index in [-0.39, 0.29) is 37.2 Å². The van der Waals surface area contributed by atoms with Crippen LogP contribution in [0.5, 0.6) is 34.5 Å². The molecule has 0 aliphatic rings. The minimum absolute atomic E-state index is 0.0541. The van der Waals surface area contributed by atoms with E-state index in [1.165, 1.54) is 20.8 Å². The molecule has 10 heteroatoms. The largest absolute Gasteiger partial charge is 0.530 e. The molecule has 0 fully saturated rings. The fourth-order valence-electron chi connectivity index (χ4n) is 7.58. The third kappa shape index (κ3) is 13.4. The van der Waals surface area contributed by atoms with Crippen LogP contribution in [0, 0.1) is 0 Å². The number of ketones is 3. The Balaban J connectivity index is 2.52. The molecular weight excluding hydrogens is 788 g/mol. The summed E-state index contributed by atoms with van der Waals surface area (Å²) in [6.07, 6.45) is 0. The lowest BCUT2D eigenvalue weighted by atomic mass is 9.74. The van der Waals surface area contributed by atoms with Gasteiger partial charge in [0.05, 0.1) is 0 Å². The van der Waals surface area contributed by atoms with Gasteiger partial charge in [0.15, 0.2) is 17.3 Å². The van der Waals surface area contributed by atoms with Crippen LogP contribution in [0.3, 0.4) is 0 Å². The molecule has 0 atom stereocenters. The van der Waals surface area contributed by atoms with Gasteiger partial charge in [0.2, 0.25) is 0 Å². The van der Waals surface area contributed by atoms with Crippen molar-refractivity contribution in [3.8, 4) is 34.5 Å². The van der Waals surface area contributed by atoms with Crippen LogP contribution in [0.2, 0.25) is 0 Å². The normalized spacial score (nSPS) is 12.9. The zero-order valence-corrected chi connectivity index (χ0v) is 42.1. The molecule has 0 radical (unpaired) electrons. The Morgan fingerprint density at radius 1 is 0.344 bits per heavy atom. The van der Waals surface area contributed by atoms with Crippen molar-refractivity contribution in [1.29, 1.82) is 0 Å². The first kappa shape index (κ1) is 51.3. The van der Waals surface area contributed by atoms with Crippen molar-refractivity contribution in [3.05, 3.63) is 69.8 Å². The highest BCUT2D eigenvalue weighted by Gasteiger charge is 2.39. The van der Waals surface area contributed by atoms with E-state index in [0.29, 0.717) is 34.5 Å². The molecule has 3 aromatic carbocycles.